The van der Waals surface area contributed by atoms with Crippen LogP contribution >= 0.6 is 0 Å². The fourth-order valence-corrected chi connectivity index (χ4v) is 6.12. The summed E-state index contributed by atoms with van der Waals surface area (Å²) in [6.45, 7) is 1.57. The molecule has 31 heavy (non-hydrogen) atoms. The predicted molar refractivity (Wildman–Crippen MR) is 109 cm³/mol. The van der Waals surface area contributed by atoms with Gasteiger partial charge in [-0.25, -0.2) is 30.0 Å². The average molecular weight is 473 g/mol. The fraction of sp³-hybridized carbons (Fsp3) is 0.300. The number of hydrogen-bond donors (Lipinski definition) is 1. The molecule has 0 radical (unpaired) electrons. The van der Waals surface area contributed by atoms with Crippen LogP contribution in [0.15, 0.2) is 59.3 Å². The van der Waals surface area contributed by atoms with Gasteiger partial charge in [0.15, 0.2) is 11.6 Å². The van der Waals surface area contributed by atoms with Gasteiger partial charge in [0.25, 0.3) is 10.0 Å². The van der Waals surface area contributed by atoms with Crippen LogP contribution in [-0.2, 0) is 20.0 Å². The van der Waals surface area contributed by atoms with Crippen molar-refractivity contribution in [2.24, 2.45) is 5.92 Å². The predicted octanol–water partition coefficient (Wildman–Crippen LogP) is 3.94. The first-order valence-corrected chi connectivity index (χ1v) is 12.3. The van der Waals surface area contributed by atoms with E-state index in [-0.39, 0.29) is 12.5 Å². The zero-order chi connectivity index (χ0) is 22.6. The molecule has 1 aromatic carbocycles. The van der Waals surface area contributed by atoms with Gasteiger partial charge in [-0.1, -0.05) is 18.2 Å². The van der Waals surface area contributed by atoms with Gasteiger partial charge in [-0.15, -0.1) is 0 Å². The van der Waals surface area contributed by atoms with E-state index in [4.69, 9.17) is 0 Å². The van der Waals surface area contributed by atoms with Crippen molar-refractivity contribution in [3.05, 3.63) is 71.8 Å². The van der Waals surface area contributed by atoms with Gasteiger partial charge in [-0.05, 0) is 43.7 Å². The molecule has 2 aromatic rings. The lowest BCUT2D eigenvalue weighted by Crippen LogP contribution is -2.38. The van der Waals surface area contributed by atoms with E-state index in [0.717, 1.165) is 40.8 Å². The Hall–Kier alpha value is -2.53. The first-order valence-electron chi connectivity index (χ1n) is 9.43. The summed E-state index contributed by atoms with van der Waals surface area (Å²) in [5.41, 5.74) is 0.156. The van der Waals surface area contributed by atoms with Crippen molar-refractivity contribution in [1.82, 2.24) is 3.97 Å². The Balaban J connectivity index is 1.64. The Morgan fingerprint density at radius 1 is 1.06 bits per heavy atom. The van der Waals surface area contributed by atoms with Gasteiger partial charge in [-0.2, -0.15) is 0 Å². The van der Waals surface area contributed by atoms with Crippen LogP contribution in [0.25, 0.3) is 0 Å². The van der Waals surface area contributed by atoms with Crippen LogP contribution in [0.4, 0.5) is 18.9 Å². The molecule has 2 aliphatic rings. The zero-order valence-electron chi connectivity index (χ0n) is 16.3. The molecular formula is C20H19F3N2O4S2. The van der Waals surface area contributed by atoms with Gasteiger partial charge in [0.1, 0.15) is 15.5 Å². The van der Waals surface area contributed by atoms with Crippen molar-refractivity contribution in [2.75, 3.05) is 4.72 Å². The maximum absolute atomic E-state index is 13.8. The molecule has 0 aliphatic heterocycles. The van der Waals surface area contributed by atoms with Crippen molar-refractivity contribution >= 4 is 25.7 Å². The number of nitrogens with one attached hydrogen (secondary N) is 1. The van der Waals surface area contributed by atoms with Crippen molar-refractivity contribution in [2.45, 2.75) is 35.8 Å². The summed E-state index contributed by atoms with van der Waals surface area (Å²) in [6, 6.07) is 1.62. The van der Waals surface area contributed by atoms with E-state index in [2.05, 4.69) is 0 Å². The largest absolute Gasteiger partial charge is 0.276 e. The van der Waals surface area contributed by atoms with Gasteiger partial charge in [-0.3, -0.25) is 8.69 Å². The third-order valence-electron chi connectivity index (χ3n) is 5.43. The second kappa shape index (κ2) is 7.27. The number of anilines is 1. The Morgan fingerprint density at radius 3 is 2.42 bits per heavy atom. The molecule has 4 rings (SSSR count). The minimum absolute atomic E-state index is 0.212. The third kappa shape index (κ3) is 3.91. The number of aromatic nitrogens is 1. The van der Waals surface area contributed by atoms with E-state index in [9.17, 15) is 30.0 Å². The average Bonchev–Trinajstić information content (AvgIpc) is 3.41. The molecule has 6 nitrogen and oxygen atoms in total. The molecule has 1 atom stereocenters. The highest BCUT2D eigenvalue weighted by molar-refractivity contribution is 7.93. The fourth-order valence-electron chi connectivity index (χ4n) is 3.45. The summed E-state index contributed by atoms with van der Waals surface area (Å²) in [5, 5.41) is 0. The van der Waals surface area contributed by atoms with Gasteiger partial charge in [0.2, 0.25) is 10.0 Å². The third-order valence-corrected chi connectivity index (χ3v) is 9.02. The van der Waals surface area contributed by atoms with Gasteiger partial charge in [0.05, 0.1) is 5.69 Å². The summed E-state index contributed by atoms with van der Waals surface area (Å²) in [6.07, 6.45) is 9.63. The Morgan fingerprint density at radius 2 is 1.74 bits per heavy atom. The van der Waals surface area contributed by atoms with Crippen LogP contribution in [0.3, 0.4) is 0 Å². The Bertz CT molecular complexity index is 1330. The second-order valence-electron chi connectivity index (χ2n) is 7.87. The van der Waals surface area contributed by atoms with E-state index < -0.39 is 52.8 Å². The first-order chi connectivity index (χ1) is 14.4. The van der Waals surface area contributed by atoms with E-state index in [1.807, 2.05) is 10.8 Å². The molecule has 0 spiro atoms. The monoisotopic (exact) mass is 472 g/mol. The van der Waals surface area contributed by atoms with Crippen LogP contribution in [0.5, 0.6) is 0 Å². The van der Waals surface area contributed by atoms with Gasteiger partial charge < -0.3 is 0 Å². The van der Waals surface area contributed by atoms with E-state index in [1.54, 1.807) is 19.1 Å². The van der Waals surface area contributed by atoms with Crippen molar-refractivity contribution in [3.8, 4) is 0 Å². The molecule has 1 aromatic heterocycles. The number of benzene rings is 1. The quantitative estimate of drug-likeness (QED) is 0.646. The van der Waals surface area contributed by atoms with E-state index in [1.165, 1.54) is 0 Å². The number of rotatable bonds is 6. The number of halogens is 3. The Kier molecular flexibility index (Phi) is 5.08. The van der Waals surface area contributed by atoms with Crippen LogP contribution in [0.1, 0.15) is 26.2 Å². The molecule has 1 heterocycles. The molecule has 1 unspecified atom stereocenters. The smallest absolute Gasteiger partial charge is 0.263 e. The van der Waals surface area contributed by atoms with Gasteiger partial charge in [0, 0.05) is 24.5 Å². The maximum Gasteiger partial charge on any atom is 0.263 e. The second-order valence-corrected chi connectivity index (χ2v) is 11.9. The molecule has 1 saturated carbocycles. The standard InChI is InChI=1S/C20H19F3N2O4S2/c1-20(7-2-3-14(11-20)13-4-5-13)31(28,29)25-8-6-15(12-25)30(26,27)24-19-10-17(22)16(21)9-18(19)23/h2-3,6,8-13,24H,4-5,7H2,1H3. The molecule has 11 heteroatoms. The van der Waals surface area contributed by atoms with Crippen LogP contribution < -0.4 is 4.72 Å². The van der Waals surface area contributed by atoms with E-state index in [0.29, 0.717) is 12.0 Å². The number of sulfonamides is 1. The van der Waals surface area contributed by atoms with Crippen molar-refractivity contribution < 1.29 is 30.0 Å². The molecule has 0 saturated heterocycles. The Labute approximate surface area is 178 Å². The molecule has 0 amide bonds. The van der Waals surface area contributed by atoms with E-state index >= 15 is 0 Å². The van der Waals surface area contributed by atoms with Crippen molar-refractivity contribution in [1.29, 1.82) is 0 Å². The normalized spacial score (nSPS) is 21.7. The van der Waals surface area contributed by atoms with Crippen molar-refractivity contribution in [3.63, 3.8) is 0 Å². The molecule has 1 fully saturated rings. The highest BCUT2D eigenvalue weighted by atomic mass is 32.2. The number of nitrogens with zero attached hydrogens (tertiary/aromatic N) is 1. The highest BCUT2D eigenvalue weighted by Gasteiger charge is 2.41. The highest BCUT2D eigenvalue weighted by Crippen LogP contribution is 2.42. The maximum atomic E-state index is 13.8. The number of allylic oxidation sites excluding steroid dienone is 3. The summed E-state index contributed by atoms with van der Waals surface area (Å²) in [5.74, 6) is -3.86. The SMILES string of the molecule is CC1(S(=O)(=O)n2ccc(S(=O)(=O)Nc3cc(F)c(F)cc3F)c2)C=C(C2CC2)C=CC1. The lowest BCUT2D eigenvalue weighted by Gasteiger charge is -2.28. The topological polar surface area (TPSA) is 85.2 Å². The lowest BCUT2D eigenvalue weighted by atomic mass is 9.95. The summed E-state index contributed by atoms with van der Waals surface area (Å²) >= 11 is 0. The molecule has 166 valence electrons. The molecular weight excluding hydrogens is 453 g/mol. The molecule has 2 aliphatic carbocycles. The van der Waals surface area contributed by atoms with Crippen LogP contribution in [-0.4, -0.2) is 25.6 Å². The molecule has 0 bridgehead atoms. The molecule has 1 N–H and O–H groups in total. The van der Waals surface area contributed by atoms with Crippen LogP contribution in [0.2, 0.25) is 0 Å². The first kappa shape index (κ1) is 21.7. The van der Waals surface area contributed by atoms with Crippen LogP contribution in [0, 0.1) is 23.4 Å². The summed E-state index contributed by atoms with van der Waals surface area (Å²) in [7, 11) is -8.48. The lowest BCUT2D eigenvalue weighted by molar-refractivity contribution is 0.496. The zero-order valence-corrected chi connectivity index (χ0v) is 18.0. The summed E-state index contributed by atoms with van der Waals surface area (Å²) in [4.78, 5) is -0.471. The van der Waals surface area contributed by atoms with Gasteiger partial charge >= 0.3 is 0 Å². The minimum atomic E-state index is -4.46. The summed E-state index contributed by atoms with van der Waals surface area (Å²) < 4.78 is 93.3. The minimum Gasteiger partial charge on any atom is -0.276 e. The number of hydrogen-bond acceptors (Lipinski definition) is 4.